The maximum absolute atomic E-state index is 14.0. The van der Waals surface area contributed by atoms with Gasteiger partial charge in [-0.2, -0.15) is 8.42 Å². The van der Waals surface area contributed by atoms with Gasteiger partial charge in [-0.1, -0.05) is 10.5 Å². The van der Waals surface area contributed by atoms with Gasteiger partial charge in [-0.05, 0) is 93.5 Å². The van der Waals surface area contributed by atoms with E-state index in [0.29, 0.717) is 11.0 Å². The lowest BCUT2D eigenvalue weighted by molar-refractivity contribution is -0.132. The molecule has 0 saturated carbocycles. The number of amides is 2. The summed E-state index contributed by atoms with van der Waals surface area (Å²) >= 11 is 0. The monoisotopic (exact) mass is 572 g/mol. The number of anilines is 1. The van der Waals surface area contributed by atoms with Crippen LogP contribution in [0.25, 0.3) is 0 Å². The highest BCUT2D eigenvalue weighted by molar-refractivity contribution is 7.92. The van der Waals surface area contributed by atoms with E-state index in [-0.39, 0.29) is 40.4 Å². The van der Waals surface area contributed by atoms with E-state index in [1.165, 1.54) is 48.5 Å². The molecule has 0 radical (unpaired) electrons. The Morgan fingerprint density at radius 1 is 0.975 bits per heavy atom. The van der Waals surface area contributed by atoms with Crippen molar-refractivity contribution in [2.75, 3.05) is 30.6 Å². The van der Waals surface area contributed by atoms with Crippen molar-refractivity contribution in [3.63, 3.8) is 0 Å². The Bertz CT molecular complexity index is 1430. The summed E-state index contributed by atoms with van der Waals surface area (Å²) in [6.07, 6.45) is 1.70. The van der Waals surface area contributed by atoms with E-state index >= 15 is 0 Å². The zero-order chi connectivity index (χ0) is 28.7. The number of hydrogen-bond acceptors (Lipinski definition) is 6. The predicted molar refractivity (Wildman–Crippen MR) is 145 cm³/mol. The van der Waals surface area contributed by atoms with Crippen LogP contribution in [0.15, 0.2) is 77.7 Å². The summed E-state index contributed by atoms with van der Waals surface area (Å²) in [5, 5.41) is 5.86. The van der Waals surface area contributed by atoms with Crippen molar-refractivity contribution in [3.05, 3.63) is 90.0 Å². The molecule has 0 aromatic heterocycles. The zero-order valence-corrected chi connectivity index (χ0v) is 22.7. The summed E-state index contributed by atoms with van der Waals surface area (Å²) in [4.78, 5) is 32.5. The first-order valence-corrected chi connectivity index (χ1v) is 14.3. The number of nitrogens with one attached hydrogen (secondary N) is 2. The van der Waals surface area contributed by atoms with Gasteiger partial charge in [0.1, 0.15) is 11.6 Å². The number of halogens is 2. The molecular weight excluding hydrogens is 542 g/mol. The van der Waals surface area contributed by atoms with Crippen molar-refractivity contribution in [2.24, 2.45) is 0 Å². The minimum Gasteiger partial charge on any atom is -0.364 e. The van der Waals surface area contributed by atoms with Crippen LogP contribution >= 0.6 is 0 Å². The maximum Gasteiger partial charge on any atom is 0.295 e. The molecule has 3 aromatic rings. The SMILES string of the molecule is CCN(C(=O)CNC(=O)c1ccc(S(=O)(=O)N(Oc2ccc(F)cc2)c2cccc(F)c2)cc1)C1CCNCC1. The van der Waals surface area contributed by atoms with Gasteiger partial charge in [0, 0.05) is 24.2 Å². The molecule has 1 aliphatic rings. The molecule has 1 aliphatic heterocycles. The largest absolute Gasteiger partial charge is 0.364 e. The normalized spacial score (nSPS) is 13.9. The van der Waals surface area contributed by atoms with Crippen molar-refractivity contribution in [1.82, 2.24) is 15.5 Å². The van der Waals surface area contributed by atoms with Crippen LogP contribution in [0.4, 0.5) is 14.5 Å². The Labute approximate surface area is 231 Å². The van der Waals surface area contributed by atoms with Gasteiger partial charge in [-0.15, -0.1) is 0 Å². The summed E-state index contributed by atoms with van der Waals surface area (Å²) in [5.74, 6) is -1.96. The lowest BCUT2D eigenvalue weighted by Crippen LogP contribution is -2.49. The highest BCUT2D eigenvalue weighted by Crippen LogP contribution is 2.27. The third-order valence-corrected chi connectivity index (χ3v) is 8.05. The third-order valence-electron chi connectivity index (χ3n) is 6.46. The number of sulfonamides is 1. The van der Waals surface area contributed by atoms with Gasteiger partial charge in [-0.25, -0.2) is 8.78 Å². The third kappa shape index (κ3) is 6.93. The van der Waals surface area contributed by atoms with Crippen LogP contribution in [0.5, 0.6) is 5.75 Å². The Kier molecular flexibility index (Phi) is 9.33. The quantitative estimate of drug-likeness (QED) is 0.360. The molecule has 212 valence electrons. The number of carbonyl (C=O) groups excluding carboxylic acids is 2. The average molecular weight is 573 g/mol. The van der Waals surface area contributed by atoms with Gasteiger partial charge < -0.3 is 20.4 Å². The average Bonchev–Trinajstić information content (AvgIpc) is 2.96. The van der Waals surface area contributed by atoms with E-state index in [0.717, 1.165) is 50.2 Å². The molecule has 0 atom stereocenters. The molecule has 2 N–H and O–H groups in total. The lowest BCUT2D eigenvalue weighted by Gasteiger charge is -2.34. The predicted octanol–water partition coefficient (Wildman–Crippen LogP) is 3.48. The van der Waals surface area contributed by atoms with E-state index in [1.54, 1.807) is 4.90 Å². The van der Waals surface area contributed by atoms with Crippen molar-refractivity contribution < 1.29 is 31.6 Å². The first-order chi connectivity index (χ1) is 19.2. The van der Waals surface area contributed by atoms with Crippen LogP contribution in [-0.2, 0) is 14.8 Å². The highest BCUT2D eigenvalue weighted by Gasteiger charge is 2.29. The topological polar surface area (TPSA) is 108 Å². The molecule has 1 fully saturated rings. The first-order valence-electron chi connectivity index (χ1n) is 12.8. The summed E-state index contributed by atoms with van der Waals surface area (Å²) in [7, 11) is -4.42. The van der Waals surface area contributed by atoms with Crippen LogP contribution in [0.2, 0.25) is 0 Å². The number of likely N-dealkylation sites (N-methyl/N-ethyl adjacent to an activating group) is 1. The number of benzene rings is 3. The molecule has 4 rings (SSSR count). The van der Waals surface area contributed by atoms with E-state index in [9.17, 15) is 26.8 Å². The number of rotatable bonds is 10. The molecular formula is C28H30F2N4O5S. The van der Waals surface area contributed by atoms with Gasteiger partial charge in [-0.3, -0.25) is 9.59 Å². The second-order valence-corrected chi connectivity index (χ2v) is 10.9. The Hall–Kier alpha value is -4.03. The van der Waals surface area contributed by atoms with Crippen molar-refractivity contribution in [3.8, 4) is 5.75 Å². The molecule has 3 aromatic carbocycles. The van der Waals surface area contributed by atoms with Crippen molar-refractivity contribution in [1.29, 1.82) is 0 Å². The molecule has 0 aliphatic carbocycles. The van der Waals surface area contributed by atoms with Crippen molar-refractivity contribution >= 4 is 27.5 Å². The van der Waals surface area contributed by atoms with Gasteiger partial charge >= 0.3 is 0 Å². The molecule has 12 heteroatoms. The fourth-order valence-electron chi connectivity index (χ4n) is 4.41. The van der Waals surface area contributed by atoms with Crippen LogP contribution in [0, 0.1) is 11.6 Å². The lowest BCUT2D eigenvalue weighted by atomic mass is 10.0. The maximum atomic E-state index is 14.0. The summed E-state index contributed by atoms with van der Waals surface area (Å²) < 4.78 is 54.9. The Balaban J connectivity index is 1.48. The minimum absolute atomic E-state index is 0.000476. The van der Waals surface area contributed by atoms with E-state index in [2.05, 4.69) is 10.6 Å². The Morgan fingerprint density at radius 3 is 2.27 bits per heavy atom. The summed E-state index contributed by atoms with van der Waals surface area (Å²) in [5.41, 5.74) is 0.0207. The first kappa shape index (κ1) is 29.0. The van der Waals surface area contributed by atoms with E-state index in [4.69, 9.17) is 4.84 Å². The van der Waals surface area contributed by atoms with Crippen LogP contribution in [0.3, 0.4) is 0 Å². The molecule has 0 unspecified atom stereocenters. The molecule has 1 heterocycles. The second-order valence-electron chi connectivity index (χ2n) is 9.13. The van der Waals surface area contributed by atoms with E-state index in [1.807, 2.05) is 6.92 Å². The fraction of sp³-hybridized carbons (Fsp3) is 0.286. The summed E-state index contributed by atoms with van der Waals surface area (Å²) in [6, 6.07) is 14.6. The zero-order valence-electron chi connectivity index (χ0n) is 21.8. The van der Waals surface area contributed by atoms with Crippen LogP contribution < -0.4 is 19.9 Å². The molecule has 0 bridgehead atoms. The smallest absolute Gasteiger partial charge is 0.295 e. The van der Waals surface area contributed by atoms with Gasteiger partial charge in [0.05, 0.1) is 17.1 Å². The molecule has 40 heavy (non-hydrogen) atoms. The van der Waals surface area contributed by atoms with Crippen molar-refractivity contribution in [2.45, 2.75) is 30.7 Å². The van der Waals surface area contributed by atoms with Gasteiger partial charge in [0.25, 0.3) is 15.9 Å². The Morgan fingerprint density at radius 2 is 1.65 bits per heavy atom. The van der Waals surface area contributed by atoms with E-state index < -0.39 is 27.6 Å². The standard InChI is InChI=1S/C28H30F2N4O5S/c1-2-33(23-14-16-31-17-15-23)27(35)19-32-28(36)20-6-12-26(13-7-20)40(37,38)34(24-5-3-4-22(30)18-24)39-25-10-8-21(29)9-11-25/h3-13,18,23,31H,2,14-17,19H2,1H3,(H,32,36). The van der Waals surface area contributed by atoms with Gasteiger partial charge in [0.15, 0.2) is 5.75 Å². The summed E-state index contributed by atoms with van der Waals surface area (Å²) in [6.45, 7) is 3.92. The number of hydrogen-bond donors (Lipinski definition) is 2. The molecule has 2 amide bonds. The van der Waals surface area contributed by atoms with Crippen LogP contribution in [0.1, 0.15) is 30.1 Å². The minimum atomic E-state index is -4.42. The number of piperidine rings is 1. The van der Waals surface area contributed by atoms with Gasteiger partial charge in [0.2, 0.25) is 5.91 Å². The fourth-order valence-corrected chi connectivity index (χ4v) is 5.66. The molecule has 1 saturated heterocycles. The number of nitrogens with zero attached hydrogens (tertiary/aromatic N) is 2. The molecule has 9 nitrogen and oxygen atoms in total. The van der Waals surface area contributed by atoms with Crippen LogP contribution in [-0.4, -0.2) is 57.4 Å². The second kappa shape index (κ2) is 12.9. The molecule has 0 spiro atoms. The highest BCUT2D eigenvalue weighted by atomic mass is 32.2. The number of carbonyl (C=O) groups is 2.